The van der Waals surface area contributed by atoms with Crippen LogP contribution >= 0.6 is 15.9 Å². The zero-order valence-corrected chi connectivity index (χ0v) is 13.4. The van der Waals surface area contributed by atoms with Crippen LogP contribution in [0.5, 0.6) is 5.75 Å². The number of halogens is 1. The van der Waals surface area contributed by atoms with Gasteiger partial charge in [0.25, 0.3) is 0 Å². The minimum atomic E-state index is 0.284. The summed E-state index contributed by atoms with van der Waals surface area (Å²) in [5, 5.41) is 3.64. The summed E-state index contributed by atoms with van der Waals surface area (Å²) in [5.41, 5.74) is 1.25. The molecule has 1 N–H and O–H groups in total. The summed E-state index contributed by atoms with van der Waals surface area (Å²) >= 11 is 3.54. The van der Waals surface area contributed by atoms with E-state index in [1.807, 2.05) is 12.1 Å². The third-order valence-electron chi connectivity index (χ3n) is 3.95. The van der Waals surface area contributed by atoms with Crippen LogP contribution in [0.1, 0.15) is 18.0 Å². The quantitative estimate of drug-likeness (QED) is 0.914. The van der Waals surface area contributed by atoms with Crippen molar-refractivity contribution in [1.29, 1.82) is 0 Å². The van der Waals surface area contributed by atoms with E-state index >= 15 is 0 Å². The summed E-state index contributed by atoms with van der Waals surface area (Å²) in [7, 11) is 2.15. The number of likely N-dealkylation sites (N-methyl/N-ethyl adjacent to an activating group) is 1. The highest BCUT2D eigenvalue weighted by Gasteiger charge is 2.24. The first-order valence-electron chi connectivity index (χ1n) is 7.18. The fourth-order valence-corrected chi connectivity index (χ4v) is 3.22. The first-order valence-corrected chi connectivity index (χ1v) is 7.97. The SMILES string of the molecule is CN1CCOC(CNC2CCOc3ccc(Br)cc32)C1. The van der Waals surface area contributed by atoms with E-state index < -0.39 is 0 Å². The third-order valence-corrected chi connectivity index (χ3v) is 4.44. The van der Waals surface area contributed by atoms with Gasteiger partial charge in [-0.1, -0.05) is 15.9 Å². The Kier molecular flexibility index (Phi) is 4.61. The van der Waals surface area contributed by atoms with Crippen LogP contribution in [-0.2, 0) is 4.74 Å². The van der Waals surface area contributed by atoms with Crippen LogP contribution in [0.25, 0.3) is 0 Å². The van der Waals surface area contributed by atoms with Crippen molar-refractivity contribution in [3.8, 4) is 5.75 Å². The molecule has 1 fully saturated rings. The minimum absolute atomic E-state index is 0.284. The zero-order chi connectivity index (χ0) is 13.9. The second-order valence-corrected chi connectivity index (χ2v) is 6.45. The molecule has 1 aromatic rings. The van der Waals surface area contributed by atoms with Crippen molar-refractivity contribution in [1.82, 2.24) is 10.2 Å². The number of nitrogens with one attached hydrogen (secondary N) is 1. The molecule has 0 saturated carbocycles. The largest absolute Gasteiger partial charge is 0.493 e. The van der Waals surface area contributed by atoms with Crippen molar-refractivity contribution >= 4 is 15.9 Å². The summed E-state index contributed by atoms with van der Waals surface area (Å²) < 4.78 is 12.6. The Morgan fingerprint density at radius 2 is 2.30 bits per heavy atom. The lowest BCUT2D eigenvalue weighted by molar-refractivity contribution is -0.0198. The lowest BCUT2D eigenvalue weighted by Crippen LogP contribution is -2.45. The van der Waals surface area contributed by atoms with Gasteiger partial charge in [-0.05, 0) is 25.2 Å². The summed E-state index contributed by atoms with van der Waals surface area (Å²) in [6, 6.07) is 6.57. The molecule has 2 atom stereocenters. The highest BCUT2D eigenvalue weighted by molar-refractivity contribution is 9.10. The van der Waals surface area contributed by atoms with Gasteiger partial charge in [0.2, 0.25) is 0 Å². The molecule has 4 nitrogen and oxygen atoms in total. The van der Waals surface area contributed by atoms with Crippen molar-refractivity contribution in [2.45, 2.75) is 18.6 Å². The number of fused-ring (bicyclic) bond motifs is 1. The number of ether oxygens (including phenoxy) is 2. The standard InChI is InChI=1S/C15H21BrN2O2/c1-18-5-7-19-12(10-18)9-17-14-4-6-20-15-3-2-11(16)8-13(14)15/h2-3,8,12,14,17H,4-7,9-10H2,1H3. The fourth-order valence-electron chi connectivity index (χ4n) is 2.84. The lowest BCUT2D eigenvalue weighted by Gasteiger charge is -2.33. The number of rotatable bonds is 3. The van der Waals surface area contributed by atoms with Gasteiger partial charge in [0.15, 0.2) is 0 Å². The van der Waals surface area contributed by atoms with Gasteiger partial charge in [0.05, 0.1) is 19.3 Å². The van der Waals surface area contributed by atoms with Crippen molar-refractivity contribution in [3.05, 3.63) is 28.2 Å². The average molecular weight is 341 g/mol. The Morgan fingerprint density at radius 1 is 1.40 bits per heavy atom. The van der Waals surface area contributed by atoms with Gasteiger partial charge in [-0.3, -0.25) is 0 Å². The van der Waals surface area contributed by atoms with E-state index in [1.54, 1.807) is 0 Å². The Morgan fingerprint density at radius 3 is 3.15 bits per heavy atom. The predicted molar refractivity (Wildman–Crippen MR) is 82.2 cm³/mol. The van der Waals surface area contributed by atoms with E-state index in [4.69, 9.17) is 9.47 Å². The van der Waals surface area contributed by atoms with Crippen LogP contribution in [0.3, 0.4) is 0 Å². The van der Waals surface area contributed by atoms with E-state index in [9.17, 15) is 0 Å². The Bertz CT molecular complexity index is 469. The molecule has 1 aromatic carbocycles. The smallest absolute Gasteiger partial charge is 0.124 e. The molecule has 0 radical (unpaired) electrons. The van der Waals surface area contributed by atoms with Crippen LogP contribution < -0.4 is 10.1 Å². The molecule has 5 heteroatoms. The maximum absolute atomic E-state index is 5.81. The van der Waals surface area contributed by atoms with Crippen molar-refractivity contribution < 1.29 is 9.47 Å². The van der Waals surface area contributed by atoms with Gasteiger partial charge >= 0.3 is 0 Å². The molecule has 2 aliphatic heterocycles. The molecule has 0 bridgehead atoms. The maximum atomic E-state index is 5.81. The predicted octanol–water partition coefficient (Wildman–Crippen LogP) is 2.19. The monoisotopic (exact) mass is 340 g/mol. The van der Waals surface area contributed by atoms with Crippen LogP contribution in [0.2, 0.25) is 0 Å². The minimum Gasteiger partial charge on any atom is -0.493 e. The Hall–Kier alpha value is -0.620. The van der Waals surface area contributed by atoms with E-state index in [0.717, 1.165) is 49.5 Å². The number of nitrogens with zero attached hydrogens (tertiary/aromatic N) is 1. The molecule has 1 saturated heterocycles. The molecule has 2 aliphatic rings. The second kappa shape index (κ2) is 6.43. The zero-order valence-electron chi connectivity index (χ0n) is 11.8. The molecule has 0 aromatic heterocycles. The first-order chi connectivity index (χ1) is 9.72. The normalized spacial score (nSPS) is 26.9. The highest BCUT2D eigenvalue weighted by Crippen LogP contribution is 2.34. The number of hydrogen-bond donors (Lipinski definition) is 1. The van der Waals surface area contributed by atoms with Crippen molar-refractivity contribution in [3.63, 3.8) is 0 Å². The molecular weight excluding hydrogens is 320 g/mol. The molecule has 0 spiro atoms. The van der Waals surface area contributed by atoms with Crippen LogP contribution in [0.4, 0.5) is 0 Å². The molecule has 0 aliphatic carbocycles. The number of hydrogen-bond acceptors (Lipinski definition) is 4. The van der Waals surface area contributed by atoms with Crippen LogP contribution in [0, 0.1) is 0 Å². The lowest BCUT2D eigenvalue weighted by atomic mass is 10.0. The molecule has 0 amide bonds. The summed E-state index contributed by atoms with van der Waals surface area (Å²) in [4.78, 5) is 2.32. The van der Waals surface area contributed by atoms with Gasteiger partial charge in [-0.2, -0.15) is 0 Å². The average Bonchev–Trinajstić information content (AvgIpc) is 2.45. The maximum Gasteiger partial charge on any atom is 0.124 e. The third kappa shape index (κ3) is 3.34. The fraction of sp³-hybridized carbons (Fsp3) is 0.600. The van der Waals surface area contributed by atoms with Crippen molar-refractivity contribution in [2.75, 3.05) is 39.9 Å². The highest BCUT2D eigenvalue weighted by atomic mass is 79.9. The van der Waals surface area contributed by atoms with Gasteiger partial charge in [0.1, 0.15) is 5.75 Å². The number of morpholine rings is 1. The van der Waals surface area contributed by atoms with Gasteiger partial charge in [-0.15, -0.1) is 0 Å². The van der Waals surface area contributed by atoms with Gasteiger partial charge < -0.3 is 19.7 Å². The molecule has 3 rings (SSSR count). The second-order valence-electron chi connectivity index (χ2n) is 5.54. The molecular formula is C15H21BrN2O2. The topological polar surface area (TPSA) is 33.7 Å². The molecule has 2 heterocycles. The molecule has 2 unspecified atom stereocenters. The molecule has 110 valence electrons. The first kappa shape index (κ1) is 14.3. The van der Waals surface area contributed by atoms with Crippen LogP contribution in [0.15, 0.2) is 22.7 Å². The molecule has 20 heavy (non-hydrogen) atoms. The summed E-state index contributed by atoms with van der Waals surface area (Å²) in [5.74, 6) is 0.999. The van der Waals surface area contributed by atoms with E-state index in [1.165, 1.54) is 5.56 Å². The van der Waals surface area contributed by atoms with Gasteiger partial charge in [0, 0.05) is 42.1 Å². The van der Waals surface area contributed by atoms with Crippen LogP contribution in [-0.4, -0.2) is 50.9 Å². The van der Waals surface area contributed by atoms with E-state index in [2.05, 4.69) is 39.3 Å². The Labute approximate surface area is 128 Å². The number of benzene rings is 1. The van der Waals surface area contributed by atoms with Crippen molar-refractivity contribution in [2.24, 2.45) is 0 Å². The summed E-state index contributed by atoms with van der Waals surface area (Å²) in [6.07, 6.45) is 1.29. The summed E-state index contributed by atoms with van der Waals surface area (Å²) in [6.45, 7) is 4.53. The van der Waals surface area contributed by atoms with E-state index in [-0.39, 0.29) is 6.10 Å². The van der Waals surface area contributed by atoms with Gasteiger partial charge in [-0.25, -0.2) is 0 Å². The van der Waals surface area contributed by atoms with E-state index in [0.29, 0.717) is 6.04 Å². The Balaban J connectivity index is 1.62.